The molecule has 0 spiro atoms. The van der Waals surface area contributed by atoms with Crippen molar-refractivity contribution in [3.63, 3.8) is 0 Å². The highest BCUT2D eigenvalue weighted by Gasteiger charge is 2.19. The van der Waals surface area contributed by atoms with Crippen LogP contribution in [0, 0.1) is 0 Å². The summed E-state index contributed by atoms with van der Waals surface area (Å²) in [4.78, 5) is 11.9. The minimum atomic E-state index is -0.255. The van der Waals surface area contributed by atoms with Gasteiger partial charge in [-0.15, -0.1) is 10.2 Å². The van der Waals surface area contributed by atoms with Gasteiger partial charge in [-0.2, -0.15) is 0 Å². The summed E-state index contributed by atoms with van der Waals surface area (Å²) in [6.45, 7) is 2.57. The molecule has 0 radical (unpaired) electrons. The Morgan fingerprint density at radius 2 is 2.29 bits per heavy atom. The van der Waals surface area contributed by atoms with E-state index < -0.39 is 0 Å². The van der Waals surface area contributed by atoms with Gasteiger partial charge >= 0.3 is 6.03 Å². The lowest BCUT2D eigenvalue weighted by Crippen LogP contribution is -2.39. The number of aromatic nitrogens is 3. The smallest absolute Gasteiger partial charge is 0.315 e. The molecule has 2 rings (SSSR count). The third-order valence-electron chi connectivity index (χ3n) is 3.15. The first-order chi connectivity index (χ1) is 10.3. The second-order valence-electron chi connectivity index (χ2n) is 4.81. The van der Waals surface area contributed by atoms with E-state index >= 15 is 0 Å². The zero-order valence-electron chi connectivity index (χ0n) is 12.1. The lowest BCUT2D eigenvalue weighted by atomic mass is 10.1. The highest BCUT2D eigenvalue weighted by Crippen LogP contribution is 2.17. The maximum absolute atomic E-state index is 11.9. The van der Waals surface area contributed by atoms with Crippen LogP contribution in [0.25, 0.3) is 5.65 Å². The van der Waals surface area contributed by atoms with Gasteiger partial charge in [-0.25, -0.2) is 4.79 Å². The lowest BCUT2D eigenvalue weighted by Gasteiger charge is -2.17. The van der Waals surface area contributed by atoms with Gasteiger partial charge in [0, 0.05) is 19.3 Å². The van der Waals surface area contributed by atoms with Crippen LogP contribution in [0.1, 0.15) is 38.1 Å². The predicted octanol–water partition coefficient (Wildman–Crippen LogP) is 1.25. The van der Waals surface area contributed by atoms with Crippen LogP contribution >= 0.6 is 0 Å². The number of aliphatic hydroxyl groups excluding tert-OH is 1. The average Bonchev–Trinajstić information content (AvgIpc) is 2.91. The van der Waals surface area contributed by atoms with E-state index in [1.54, 1.807) is 0 Å². The second-order valence-corrected chi connectivity index (χ2v) is 4.81. The topological polar surface area (TPSA) is 91.5 Å². The molecule has 0 fully saturated rings. The van der Waals surface area contributed by atoms with E-state index in [0.29, 0.717) is 13.0 Å². The summed E-state index contributed by atoms with van der Waals surface area (Å²) >= 11 is 0. The highest BCUT2D eigenvalue weighted by atomic mass is 16.3. The number of hydrogen-bond acceptors (Lipinski definition) is 4. The number of aliphatic hydroxyl groups is 1. The number of pyridine rings is 1. The Bertz CT molecular complexity index is 584. The van der Waals surface area contributed by atoms with Gasteiger partial charge in [0.15, 0.2) is 11.5 Å². The minimum Gasteiger partial charge on any atom is -0.396 e. The molecule has 0 aliphatic carbocycles. The van der Waals surface area contributed by atoms with Crippen LogP contribution in [-0.4, -0.2) is 38.9 Å². The number of carbonyl (C=O) groups excluding carboxylic acids is 1. The molecule has 1 unspecified atom stereocenters. The summed E-state index contributed by atoms with van der Waals surface area (Å²) in [6.07, 6.45) is 4.13. The number of fused-ring (bicyclic) bond motifs is 1. The van der Waals surface area contributed by atoms with E-state index in [4.69, 9.17) is 5.11 Å². The molecule has 1 atom stereocenters. The fraction of sp³-hybridized carbons (Fsp3) is 0.500. The van der Waals surface area contributed by atoms with Crippen LogP contribution < -0.4 is 10.6 Å². The highest BCUT2D eigenvalue weighted by molar-refractivity contribution is 5.74. The van der Waals surface area contributed by atoms with Crippen molar-refractivity contribution < 1.29 is 9.90 Å². The molecule has 0 aromatic carbocycles. The molecule has 0 aliphatic rings. The predicted molar refractivity (Wildman–Crippen MR) is 78.9 cm³/mol. The molecular formula is C14H21N5O2. The molecular weight excluding hydrogens is 270 g/mol. The number of urea groups is 1. The van der Waals surface area contributed by atoms with Crippen molar-refractivity contribution in [3.05, 3.63) is 30.2 Å². The standard InChI is InChI=1S/C14H21N5O2/c1-2-6-11(16-14(21)15-8-5-10-20)13-18-17-12-7-3-4-9-19(12)13/h3-4,7,9,11,20H,2,5-6,8,10H2,1H3,(H2,15,16,21). The van der Waals surface area contributed by atoms with Gasteiger partial charge in [0.25, 0.3) is 0 Å². The van der Waals surface area contributed by atoms with Crippen molar-refractivity contribution in [2.45, 2.75) is 32.2 Å². The van der Waals surface area contributed by atoms with E-state index in [9.17, 15) is 4.79 Å². The van der Waals surface area contributed by atoms with Gasteiger partial charge in [0.1, 0.15) is 0 Å². The Balaban J connectivity index is 2.09. The largest absolute Gasteiger partial charge is 0.396 e. The van der Waals surface area contributed by atoms with Crippen LogP contribution in [0.4, 0.5) is 4.79 Å². The van der Waals surface area contributed by atoms with Crippen molar-refractivity contribution in [2.75, 3.05) is 13.2 Å². The molecule has 7 heteroatoms. The molecule has 0 saturated heterocycles. The number of nitrogens with zero attached hydrogens (tertiary/aromatic N) is 3. The van der Waals surface area contributed by atoms with Gasteiger partial charge in [0.2, 0.25) is 0 Å². The first-order valence-corrected chi connectivity index (χ1v) is 7.21. The summed E-state index contributed by atoms with van der Waals surface area (Å²) in [7, 11) is 0. The molecule has 0 bridgehead atoms. The molecule has 7 nitrogen and oxygen atoms in total. The molecule has 3 N–H and O–H groups in total. The normalized spacial score (nSPS) is 12.3. The summed E-state index contributed by atoms with van der Waals surface area (Å²) in [5, 5.41) is 22.7. The van der Waals surface area contributed by atoms with Crippen molar-refractivity contribution in [1.29, 1.82) is 0 Å². The second kappa shape index (κ2) is 7.58. The first-order valence-electron chi connectivity index (χ1n) is 7.21. The van der Waals surface area contributed by atoms with Crippen LogP contribution in [0.3, 0.4) is 0 Å². The number of nitrogens with one attached hydrogen (secondary N) is 2. The quantitative estimate of drug-likeness (QED) is 0.670. The van der Waals surface area contributed by atoms with Gasteiger partial charge in [-0.3, -0.25) is 4.40 Å². The third-order valence-corrected chi connectivity index (χ3v) is 3.15. The zero-order chi connectivity index (χ0) is 15.1. The Hall–Kier alpha value is -2.15. The maximum atomic E-state index is 11.9. The molecule has 2 amide bonds. The molecule has 114 valence electrons. The number of rotatable bonds is 7. The Kier molecular flexibility index (Phi) is 5.51. The van der Waals surface area contributed by atoms with Gasteiger partial charge < -0.3 is 15.7 Å². The average molecular weight is 291 g/mol. The summed E-state index contributed by atoms with van der Waals surface area (Å²) < 4.78 is 1.88. The SMILES string of the molecule is CCCC(NC(=O)NCCCO)c1nnc2ccccn12. The molecule has 0 saturated carbocycles. The van der Waals surface area contributed by atoms with E-state index in [-0.39, 0.29) is 18.7 Å². The van der Waals surface area contributed by atoms with E-state index in [1.165, 1.54) is 0 Å². The summed E-state index contributed by atoms with van der Waals surface area (Å²) in [5.41, 5.74) is 0.760. The molecule has 2 aromatic heterocycles. The molecule has 2 aromatic rings. The molecule has 0 aliphatic heterocycles. The number of amides is 2. The monoisotopic (exact) mass is 291 g/mol. The van der Waals surface area contributed by atoms with Crippen molar-refractivity contribution in [1.82, 2.24) is 25.2 Å². The van der Waals surface area contributed by atoms with E-state index in [2.05, 4.69) is 27.8 Å². The fourth-order valence-electron chi connectivity index (χ4n) is 2.14. The maximum Gasteiger partial charge on any atom is 0.315 e. The van der Waals surface area contributed by atoms with Gasteiger partial charge in [0.05, 0.1) is 6.04 Å². The van der Waals surface area contributed by atoms with E-state index in [0.717, 1.165) is 24.3 Å². The summed E-state index contributed by atoms with van der Waals surface area (Å²) in [6, 6.07) is 5.24. The first kappa shape index (κ1) is 15.2. The Morgan fingerprint density at radius 1 is 1.43 bits per heavy atom. The van der Waals surface area contributed by atoms with Crippen LogP contribution in [0.2, 0.25) is 0 Å². The fourth-order valence-corrected chi connectivity index (χ4v) is 2.14. The van der Waals surface area contributed by atoms with Crippen molar-refractivity contribution >= 4 is 11.7 Å². The zero-order valence-corrected chi connectivity index (χ0v) is 12.1. The lowest BCUT2D eigenvalue weighted by molar-refractivity contribution is 0.233. The minimum absolute atomic E-state index is 0.0630. The Morgan fingerprint density at radius 3 is 3.05 bits per heavy atom. The van der Waals surface area contributed by atoms with Gasteiger partial charge in [-0.05, 0) is 25.0 Å². The molecule has 2 heterocycles. The van der Waals surface area contributed by atoms with Crippen LogP contribution in [0.15, 0.2) is 24.4 Å². The van der Waals surface area contributed by atoms with Gasteiger partial charge in [-0.1, -0.05) is 19.4 Å². The van der Waals surface area contributed by atoms with Crippen LogP contribution in [0.5, 0.6) is 0 Å². The third kappa shape index (κ3) is 3.91. The Labute approximate surface area is 123 Å². The van der Waals surface area contributed by atoms with Crippen molar-refractivity contribution in [2.24, 2.45) is 0 Å². The van der Waals surface area contributed by atoms with E-state index in [1.807, 2.05) is 28.8 Å². The summed E-state index contributed by atoms with van der Waals surface area (Å²) in [5.74, 6) is 0.727. The van der Waals surface area contributed by atoms with Crippen molar-refractivity contribution in [3.8, 4) is 0 Å². The molecule has 21 heavy (non-hydrogen) atoms. The number of carbonyl (C=O) groups is 1. The van der Waals surface area contributed by atoms with Crippen LogP contribution in [-0.2, 0) is 0 Å². The number of hydrogen-bond donors (Lipinski definition) is 3.